The number of aryl methyl sites for hydroxylation is 2. The number of nitrogens with zero attached hydrogens (tertiary/aromatic N) is 8. The summed E-state index contributed by atoms with van der Waals surface area (Å²) in [6.07, 6.45) is 8.08. The van der Waals surface area contributed by atoms with Gasteiger partial charge in [0.25, 0.3) is 5.78 Å². The second kappa shape index (κ2) is 10.2. The van der Waals surface area contributed by atoms with Gasteiger partial charge in [-0.1, -0.05) is 30.8 Å². The molecular weight excluding hydrogens is 462 g/mol. The van der Waals surface area contributed by atoms with Crippen LogP contribution < -0.4 is 10.2 Å². The summed E-state index contributed by atoms with van der Waals surface area (Å²) >= 11 is 0. The Morgan fingerprint density at radius 3 is 2.56 bits per heavy atom. The molecule has 1 saturated carbocycles. The number of rotatable bonds is 6. The van der Waals surface area contributed by atoms with Gasteiger partial charge in [-0.3, -0.25) is 9.59 Å². The molecule has 0 aromatic carbocycles. The van der Waals surface area contributed by atoms with Crippen molar-refractivity contribution in [3.05, 3.63) is 29.8 Å². The number of carbonyl (C=O) groups is 2. The predicted molar refractivity (Wildman–Crippen MR) is 130 cm³/mol. The number of hydrogen-bond donors (Lipinski definition) is 1. The Kier molecular flexibility index (Phi) is 6.84. The lowest BCUT2D eigenvalue weighted by molar-refractivity contribution is -0.131. The number of carbonyl (C=O) groups excluding carboxylic acids is 2. The van der Waals surface area contributed by atoms with Crippen LogP contribution in [0.1, 0.15) is 69.3 Å². The quantitative estimate of drug-likeness (QED) is 0.508. The van der Waals surface area contributed by atoms with Crippen molar-refractivity contribution in [3.8, 4) is 0 Å². The van der Waals surface area contributed by atoms with E-state index in [9.17, 15) is 9.59 Å². The van der Waals surface area contributed by atoms with Crippen LogP contribution in [0.15, 0.2) is 16.9 Å². The lowest BCUT2D eigenvalue weighted by Crippen LogP contribution is -2.49. The van der Waals surface area contributed by atoms with Gasteiger partial charge in [0.05, 0.1) is 0 Å². The van der Waals surface area contributed by atoms with Crippen LogP contribution in [0.2, 0.25) is 0 Å². The van der Waals surface area contributed by atoms with E-state index in [1.165, 1.54) is 13.3 Å². The first-order chi connectivity index (χ1) is 17.4. The molecular formula is C24H33N9O3. The first kappa shape index (κ1) is 24.1. The predicted octanol–water partition coefficient (Wildman–Crippen LogP) is 1.78. The van der Waals surface area contributed by atoms with Gasteiger partial charge in [0.15, 0.2) is 5.82 Å². The number of fused-ring (bicyclic) bond motifs is 1. The third-order valence-corrected chi connectivity index (χ3v) is 7.14. The van der Waals surface area contributed by atoms with Crippen molar-refractivity contribution >= 4 is 23.4 Å². The zero-order chi connectivity index (χ0) is 25.1. The molecule has 0 spiro atoms. The molecule has 1 aliphatic heterocycles. The van der Waals surface area contributed by atoms with Gasteiger partial charge in [-0.05, 0) is 19.8 Å². The van der Waals surface area contributed by atoms with Crippen LogP contribution in [0.4, 0.5) is 5.82 Å². The third-order valence-electron chi connectivity index (χ3n) is 7.14. The van der Waals surface area contributed by atoms with Crippen LogP contribution in [-0.2, 0) is 21.5 Å². The number of nitrogens with one attached hydrogen (secondary N) is 1. The Balaban J connectivity index is 1.18. The molecule has 1 aliphatic carbocycles. The molecule has 1 N–H and O–H groups in total. The highest BCUT2D eigenvalue weighted by atomic mass is 16.5. The summed E-state index contributed by atoms with van der Waals surface area (Å²) in [6.45, 7) is 6.11. The van der Waals surface area contributed by atoms with E-state index < -0.39 is 5.54 Å². The molecule has 2 amide bonds. The zero-order valence-corrected chi connectivity index (χ0v) is 20.9. The Morgan fingerprint density at radius 2 is 1.83 bits per heavy atom. The van der Waals surface area contributed by atoms with E-state index in [1.807, 2.05) is 17.9 Å². The molecule has 12 nitrogen and oxygen atoms in total. The van der Waals surface area contributed by atoms with Gasteiger partial charge < -0.3 is 19.6 Å². The molecule has 12 heteroatoms. The standard InChI is InChI=1S/C24H33N9O3/c1-17-15-20(33-23(27-17)25-16-26-33)31-11-13-32(14-12-31)21(35)8-7-19-28-22(30-36-19)24(29-18(2)34)9-5-3-4-6-10-24/h15-16H,3-14H2,1-2H3,(H,29,34). The van der Waals surface area contributed by atoms with E-state index in [4.69, 9.17) is 4.52 Å². The Labute approximate surface area is 209 Å². The average molecular weight is 496 g/mol. The van der Waals surface area contributed by atoms with Crippen LogP contribution in [0, 0.1) is 6.92 Å². The van der Waals surface area contributed by atoms with Gasteiger partial charge >= 0.3 is 0 Å². The summed E-state index contributed by atoms with van der Waals surface area (Å²) in [6, 6.07) is 1.99. The number of amides is 2. The molecule has 0 bridgehead atoms. The number of aromatic nitrogens is 6. The van der Waals surface area contributed by atoms with Gasteiger partial charge in [0, 0.05) is 57.7 Å². The van der Waals surface area contributed by atoms with Crippen LogP contribution in [-0.4, -0.2) is 72.6 Å². The normalized spacial score (nSPS) is 18.3. The van der Waals surface area contributed by atoms with Gasteiger partial charge in [0.2, 0.25) is 17.7 Å². The molecule has 3 aromatic heterocycles. The van der Waals surface area contributed by atoms with E-state index in [1.54, 1.807) is 4.52 Å². The summed E-state index contributed by atoms with van der Waals surface area (Å²) < 4.78 is 7.25. The van der Waals surface area contributed by atoms with E-state index in [0.717, 1.165) is 50.0 Å². The zero-order valence-electron chi connectivity index (χ0n) is 20.9. The molecule has 2 aliphatic rings. The highest BCUT2D eigenvalue weighted by Gasteiger charge is 2.38. The average Bonchev–Trinajstić information content (AvgIpc) is 3.48. The molecule has 0 atom stereocenters. The van der Waals surface area contributed by atoms with E-state index in [-0.39, 0.29) is 11.8 Å². The lowest BCUT2D eigenvalue weighted by atomic mass is 9.89. The number of anilines is 1. The fraction of sp³-hybridized carbons (Fsp3) is 0.625. The molecule has 0 unspecified atom stereocenters. The Bertz CT molecular complexity index is 1220. The van der Waals surface area contributed by atoms with Crippen LogP contribution >= 0.6 is 0 Å². The molecule has 192 valence electrons. The van der Waals surface area contributed by atoms with Gasteiger partial charge in [-0.2, -0.15) is 19.6 Å². The molecule has 0 radical (unpaired) electrons. The van der Waals surface area contributed by atoms with E-state index in [0.29, 0.717) is 56.5 Å². The van der Waals surface area contributed by atoms with Crippen molar-refractivity contribution in [1.82, 2.24) is 39.9 Å². The maximum absolute atomic E-state index is 12.9. The molecule has 36 heavy (non-hydrogen) atoms. The summed E-state index contributed by atoms with van der Waals surface area (Å²) in [4.78, 5) is 42.1. The largest absolute Gasteiger partial charge is 0.353 e. The van der Waals surface area contributed by atoms with Crippen LogP contribution in [0.3, 0.4) is 0 Å². The van der Waals surface area contributed by atoms with Crippen molar-refractivity contribution in [2.24, 2.45) is 0 Å². The molecule has 2 fully saturated rings. The van der Waals surface area contributed by atoms with Gasteiger partial charge in [-0.25, -0.2) is 4.98 Å². The third kappa shape index (κ3) is 5.02. The fourth-order valence-corrected chi connectivity index (χ4v) is 5.32. The molecule has 1 saturated heterocycles. The highest BCUT2D eigenvalue weighted by Crippen LogP contribution is 2.34. The van der Waals surface area contributed by atoms with Crippen LogP contribution in [0.25, 0.3) is 5.78 Å². The summed E-state index contributed by atoms with van der Waals surface area (Å²) in [5.74, 6) is 2.45. The maximum Gasteiger partial charge on any atom is 0.254 e. The minimum Gasteiger partial charge on any atom is -0.353 e. The highest BCUT2D eigenvalue weighted by molar-refractivity contribution is 5.76. The van der Waals surface area contributed by atoms with Gasteiger partial charge in [-0.15, -0.1) is 0 Å². The summed E-state index contributed by atoms with van der Waals surface area (Å²) in [5, 5.41) is 11.6. The smallest absolute Gasteiger partial charge is 0.254 e. The van der Waals surface area contributed by atoms with Crippen LogP contribution in [0.5, 0.6) is 0 Å². The van der Waals surface area contributed by atoms with Crippen molar-refractivity contribution in [3.63, 3.8) is 0 Å². The second-order valence-corrected chi connectivity index (χ2v) is 9.78. The SMILES string of the molecule is CC(=O)NC1(c2noc(CCC(=O)N3CCN(c4cc(C)nc5ncnn45)CC3)n2)CCCCCC1. The summed E-state index contributed by atoms with van der Waals surface area (Å²) in [5.41, 5.74) is 0.303. The van der Waals surface area contributed by atoms with Crippen molar-refractivity contribution in [2.75, 3.05) is 31.1 Å². The molecule has 3 aromatic rings. The molecule has 5 rings (SSSR count). The molecule has 4 heterocycles. The monoisotopic (exact) mass is 495 g/mol. The number of hydrogen-bond acceptors (Lipinski definition) is 9. The maximum atomic E-state index is 12.9. The Morgan fingerprint density at radius 1 is 1.08 bits per heavy atom. The van der Waals surface area contributed by atoms with Crippen molar-refractivity contribution < 1.29 is 14.1 Å². The second-order valence-electron chi connectivity index (χ2n) is 9.78. The number of piperazine rings is 1. The first-order valence-corrected chi connectivity index (χ1v) is 12.8. The minimum atomic E-state index is -0.578. The van der Waals surface area contributed by atoms with Crippen molar-refractivity contribution in [2.45, 2.75) is 70.8 Å². The lowest BCUT2D eigenvalue weighted by Gasteiger charge is -2.36. The van der Waals surface area contributed by atoms with E-state index >= 15 is 0 Å². The van der Waals surface area contributed by atoms with E-state index in [2.05, 4.69) is 35.4 Å². The van der Waals surface area contributed by atoms with Crippen molar-refractivity contribution in [1.29, 1.82) is 0 Å². The Hall–Kier alpha value is -3.57. The first-order valence-electron chi connectivity index (χ1n) is 12.8. The van der Waals surface area contributed by atoms with Gasteiger partial charge in [0.1, 0.15) is 17.7 Å². The minimum absolute atomic E-state index is 0.0669. The fourth-order valence-electron chi connectivity index (χ4n) is 5.32. The topological polar surface area (TPSA) is 135 Å². The summed E-state index contributed by atoms with van der Waals surface area (Å²) in [7, 11) is 0.